The van der Waals surface area contributed by atoms with E-state index in [0.717, 1.165) is 6.92 Å². The molecule has 0 radical (unpaired) electrons. The molecule has 0 saturated carbocycles. The molecular weight excluding hydrogens is 122 g/mol. The third kappa shape index (κ3) is 2.59. The van der Waals surface area contributed by atoms with Crippen LogP contribution in [0.15, 0.2) is 11.6 Å². The van der Waals surface area contributed by atoms with E-state index in [1.54, 1.807) is 13.8 Å². The van der Waals surface area contributed by atoms with E-state index in [-0.39, 0.29) is 5.57 Å². The van der Waals surface area contributed by atoms with Gasteiger partial charge in [0.05, 0.1) is 0 Å². The van der Waals surface area contributed by atoms with Gasteiger partial charge in [0.2, 0.25) is 0 Å². The Morgan fingerprint density at radius 1 is 1.56 bits per heavy atom. The first-order chi connectivity index (χ1) is 4.02. The second-order valence-electron chi connectivity index (χ2n) is 2.06. The molecule has 0 nitrogen and oxygen atoms in total. The van der Waals surface area contributed by atoms with E-state index < -0.39 is 5.92 Å². The Hall–Kier alpha value is -0.400. The van der Waals surface area contributed by atoms with Gasteiger partial charge in [-0.15, -0.1) is 0 Å². The molecule has 0 bridgehead atoms. The van der Waals surface area contributed by atoms with Gasteiger partial charge in [-0.3, -0.25) is 0 Å². The van der Waals surface area contributed by atoms with E-state index in [0.29, 0.717) is 6.42 Å². The van der Waals surface area contributed by atoms with Gasteiger partial charge >= 0.3 is 0 Å². The summed E-state index contributed by atoms with van der Waals surface area (Å²) in [6.07, 6.45) is 1.90. The Labute approximate surface area is 54.6 Å². The highest BCUT2D eigenvalue weighted by Gasteiger charge is 2.24. The Kier molecular flexibility index (Phi) is 2.82. The largest absolute Gasteiger partial charge is 0.266 e. The number of allylic oxidation sites excluding steroid dienone is 2. The maximum Gasteiger partial charge on any atom is 0.266 e. The summed E-state index contributed by atoms with van der Waals surface area (Å²) < 4.78 is 24.6. The van der Waals surface area contributed by atoms with E-state index in [1.165, 1.54) is 6.08 Å². The molecule has 0 atom stereocenters. The average molecular weight is 134 g/mol. The van der Waals surface area contributed by atoms with Crippen LogP contribution in [0.4, 0.5) is 8.78 Å². The van der Waals surface area contributed by atoms with Gasteiger partial charge < -0.3 is 0 Å². The molecule has 0 rings (SSSR count). The Morgan fingerprint density at radius 2 is 2.00 bits per heavy atom. The molecule has 0 aromatic heterocycles. The van der Waals surface area contributed by atoms with Crippen molar-refractivity contribution < 1.29 is 8.78 Å². The minimum Gasteiger partial charge on any atom is -0.202 e. The van der Waals surface area contributed by atoms with Gasteiger partial charge in [-0.1, -0.05) is 13.0 Å². The normalized spacial score (nSPS) is 14.1. The fourth-order valence-corrected chi connectivity index (χ4v) is 0.768. The van der Waals surface area contributed by atoms with Crippen molar-refractivity contribution >= 4 is 0 Å². The summed E-state index contributed by atoms with van der Waals surface area (Å²) in [6.45, 7) is 4.29. The summed E-state index contributed by atoms with van der Waals surface area (Å²) in [5.41, 5.74) is 0.211. The SMILES string of the molecule is C/C=C(/CC)C(C)(F)F. The van der Waals surface area contributed by atoms with Crippen molar-refractivity contribution in [3.8, 4) is 0 Å². The van der Waals surface area contributed by atoms with Crippen LogP contribution >= 0.6 is 0 Å². The molecule has 9 heavy (non-hydrogen) atoms. The topological polar surface area (TPSA) is 0 Å². The van der Waals surface area contributed by atoms with Crippen LogP contribution in [0.5, 0.6) is 0 Å². The predicted octanol–water partition coefficient (Wildman–Crippen LogP) is 3.00. The zero-order valence-corrected chi connectivity index (χ0v) is 6.04. The molecule has 0 fully saturated rings. The molecule has 0 aliphatic carbocycles. The molecule has 0 unspecified atom stereocenters. The molecule has 0 aliphatic heterocycles. The lowest BCUT2D eigenvalue weighted by molar-refractivity contribution is 0.0601. The molecule has 0 saturated heterocycles. The van der Waals surface area contributed by atoms with Gasteiger partial charge in [0.15, 0.2) is 0 Å². The third-order valence-electron chi connectivity index (χ3n) is 1.29. The third-order valence-corrected chi connectivity index (χ3v) is 1.29. The van der Waals surface area contributed by atoms with Crippen LogP contribution in [0.3, 0.4) is 0 Å². The number of alkyl halides is 2. The highest BCUT2D eigenvalue weighted by molar-refractivity contribution is 5.08. The Morgan fingerprint density at radius 3 is 2.00 bits per heavy atom. The van der Waals surface area contributed by atoms with Gasteiger partial charge in [-0.05, 0) is 18.9 Å². The molecule has 0 spiro atoms. The lowest BCUT2D eigenvalue weighted by Crippen LogP contribution is -2.12. The fraction of sp³-hybridized carbons (Fsp3) is 0.714. The zero-order chi connectivity index (χ0) is 7.49. The van der Waals surface area contributed by atoms with Crippen molar-refractivity contribution in [2.75, 3.05) is 0 Å². The second kappa shape index (κ2) is 2.95. The molecular formula is C7H12F2. The molecule has 54 valence electrons. The summed E-state index contributed by atoms with van der Waals surface area (Å²) in [7, 11) is 0. The molecule has 0 aromatic carbocycles. The van der Waals surface area contributed by atoms with Gasteiger partial charge in [-0.2, -0.15) is 0 Å². The summed E-state index contributed by atoms with van der Waals surface area (Å²) in [5.74, 6) is -2.62. The summed E-state index contributed by atoms with van der Waals surface area (Å²) in [6, 6.07) is 0. The lowest BCUT2D eigenvalue weighted by atomic mass is 10.1. The lowest BCUT2D eigenvalue weighted by Gasteiger charge is -2.11. The van der Waals surface area contributed by atoms with Crippen molar-refractivity contribution in [2.45, 2.75) is 33.1 Å². The molecule has 0 amide bonds. The van der Waals surface area contributed by atoms with Gasteiger partial charge in [0.25, 0.3) is 5.92 Å². The van der Waals surface area contributed by atoms with Crippen molar-refractivity contribution in [3.63, 3.8) is 0 Å². The van der Waals surface area contributed by atoms with E-state index in [4.69, 9.17) is 0 Å². The van der Waals surface area contributed by atoms with Crippen LogP contribution < -0.4 is 0 Å². The summed E-state index contributed by atoms with van der Waals surface area (Å²) in [5, 5.41) is 0. The maximum absolute atomic E-state index is 12.3. The second-order valence-corrected chi connectivity index (χ2v) is 2.06. The van der Waals surface area contributed by atoms with E-state index in [1.807, 2.05) is 0 Å². The highest BCUT2D eigenvalue weighted by Crippen LogP contribution is 2.24. The predicted molar refractivity (Wildman–Crippen MR) is 34.7 cm³/mol. The first kappa shape index (κ1) is 8.60. The van der Waals surface area contributed by atoms with Gasteiger partial charge in [-0.25, -0.2) is 8.78 Å². The number of rotatable bonds is 2. The molecule has 2 heteroatoms. The van der Waals surface area contributed by atoms with E-state index >= 15 is 0 Å². The van der Waals surface area contributed by atoms with Crippen LogP contribution in [0.1, 0.15) is 27.2 Å². The van der Waals surface area contributed by atoms with E-state index in [2.05, 4.69) is 0 Å². The first-order valence-corrected chi connectivity index (χ1v) is 3.05. The van der Waals surface area contributed by atoms with Crippen LogP contribution in [0, 0.1) is 0 Å². The summed E-state index contributed by atoms with van der Waals surface area (Å²) in [4.78, 5) is 0. The Balaban J connectivity index is 4.14. The minimum absolute atomic E-state index is 0.211. The monoisotopic (exact) mass is 134 g/mol. The Bertz CT molecular complexity index is 109. The smallest absolute Gasteiger partial charge is 0.202 e. The maximum atomic E-state index is 12.3. The molecule has 0 heterocycles. The highest BCUT2D eigenvalue weighted by atomic mass is 19.3. The van der Waals surface area contributed by atoms with Gasteiger partial charge in [0.1, 0.15) is 0 Å². The van der Waals surface area contributed by atoms with Gasteiger partial charge in [0, 0.05) is 6.92 Å². The molecule has 0 aliphatic rings. The number of hydrogen-bond donors (Lipinski definition) is 0. The molecule has 0 aromatic rings. The van der Waals surface area contributed by atoms with Crippen LogP contribution in [-0.4, -0.2) is 5.92 Å². The summed E-state index contributed by atoms with van der Waals surface area (Å²) >= 11 is 0. The van der Waals surface area contributed by atoms with Crippen LogP contribution in [0.2, 0.25) is 0 Å². The number of halogens is 2. The molecule has 0 N–H and O–H groups in total. The number of hydrogen-bond acceptors (Lipinski definition) is 0. The fourth-order valence-electron chi connectivity index (χ4n) is 0.768. The van der Waals surface area contributed by atoms with Crippen molar-refractivity contribution in [3.05, 3.63) is 11.6 Å². The van der Waals surface area contributed by atoms with Crippen LogP contribution in [-0.2, 0) is 0 Å². The van der Waals surface area contributed by atoms with E-state index in [9.17, 15) is 8.78 Å². The van der Waals surface area contributed by atoms with Crippen molar-refractivity contribution in [1.82, 2.24) is 0 Å². The first-order valence-electron chi connectivity index (χ1n) is 3.05. The average Bonchev–Trinajstić information content (AvgIpc) is 1.65. The minimum atomic E-state index is -2.62. The zero-order valence-electron chi connectivity index (χ0n) is 6.04. The standard InChI is InChI=1S/C7H12F2/c1-4-6(5-2)7(3,8)9/h4H,5H2,1-3H3/b6-4-. The van der Waals surface area contributed by atoms with Crippen molar-refractivity contribution in [2.24, 2.45) is 0 Å². The van der Waals surface area contributed by atoms with Crippen LogP contribution in [0.25, 0.3) is 0 Å². The quantitative estimate of drug-likeness (QED) is 0.509. The van der Waals surface area contributed by atoms with Crippen molar-refractivity contribution in [1.29, 1.82) is 0 Å².